The summed E-state index contributed by atoms with van der Waals surface area (Å²) in [5.74, 6) is 0. The predicted octanol–water partition coefficient (Wildman–Crippen LogP) is 2.73. The first-order chi connectivity index (χ1) is 5.11. The molecule has 0 heterocycles. The number of halogens is 1. The molecular weight excluding hydrogens is 190 g/mol. The van der Waals surface area contributed by atoms with Crippen LogP contribution in [-0.2, 0) is 0 Å². The van der Waals surface area contributed by atoms with E-state index < -0.39 is 0 Å². The molecule has 0 saturated carbocycles. The molecule has 3 heteroatoms. The lowest BCUT2D eigenvalue weighted by atomic mass is 10.1. The fourth-order valence-corrected chi connectivity index (χ4v) is 1.52. The third-order valence-corrected chi connectivity index (χ3v) is 2.06. The second-order valence-electron chi connectivity index (χ2n) is 2.85. The van der Waals surface area contributed by atoms with Gasteiger partial charge in [-0.25, -0.2) is 0 Å². The van der Waals surface area contributed by atoms with Gasteiger partial charge < -0.3 is 5.73 Å². The summed E-state index contributed by atoms with van der Waals surface area (Å²) in [6, 6.07) is 6.19. The lowest BCUT2D eigenvalue weighted by molar-refractivity contribution is 0.797. The molecule has 0 aliphatic rings. The maximum atomic E-state index is 5.72. The second kappa shape index (κ2) is 4.75. The SMILES string of the molecule is Cc1ccc(C(C)N)c(S)c1.Cl. The number of rotatable bonds is 1. The fraction of sp³-hybridized carbons (Fsp3) is 0.333. The molecule has 2 N–H and O–H groups in total. The molecule has 1 nitrogen and oxygen atoms in total. The van der Waals surface area contributed by atoms with E-state index in [4.69, 9.17) is 5.73 Å². The number of hydrogen-bond donors (Lipinski definition) is 2. The van der Waals surface area contributed by atoms with Crippen LogP contribution in [0.4, 0.5) is 0 Å². The topological polar surface area (TPSA) is 26.0 Å². The minimum absolute atomic E-state index is 0. The smallest absolute Gasteiger partial charge is 0.0277 e. The maximum absolute atomic E-state index is 5.72. The molecule has 0 aliphatic carbocycles. The Morgan fingerprint density at radius 1 is 1.42 bits per heavy atom. The highest BCUT2D eigenvalue weighted by Crippen LogP contribution is 2.20. The van der Waals surface area contributed by atoms with Gasteiger partial charge in [0, 0.05) is 10.9 Å². The molecule has 0 bridgehead atoms. The highest BCUT2D eigenvalue weighted by molar-refractivity contribution is 7.80. The van der Waals surface area contributed by atoms with Crippen molar-refractivity contribution in [2.45, 2.75) is 24.8 Å². The van der Waals surface area contributed by atoms with Gasteiger partial charge >= 0.3 is 0 Å². The van der Waals surface area contributed by atoms with Crippen molar-refractivity contribution in [3.63, 3.8) is 0 Å². The van der Waals surface area contributed by atoms with Gasteiger partial charge in [-0.2, -0.15) is 0 Å². The van der Waals surface area contributed by atoms with E-state index in [1.807, 2.05) is 26.0 Å². The Bertz CT molecular complexity index is 261. The quantitative estimate of drug-likeness (QED) is 0.675. The molecule has 1 aromatic rings. The van der Waals surface area contributed by atoms with E-state index in [1.54, 1.807) is 0 Å². The summed E-state index contributed by atoms with van der Waals surface area (Å²) in [6.07, 6.45) is 0. The lowest BCUT2D eigenvalue weighted by Gasteiger charge is -2.08. The van der Waals surface area contributed by atoms with Gasteiger partial charge in [0.05, 0.1) is 0 Å². The van der Waals surface area contributed by atoms with Crippen molar-refractivity contribution >= 4 is 25.0 Å². The molecule has 0 amide bonds. The van der Waals surface area contributed by atoms with Crippen molar-refractivity contribution in [2.75, 3.05) is 0 Å². The molecule has 68 valence electrons. The average molecular weight is 204 g/mol. The number of thiol groups is 1. The number of hydrogen-bond acceptors (Lipinski definition) is 2. The Morgan fingerprint density at radius 2 is 2.00 bits per heavy atom. The Balaban J connectivity index is 0.00000121. The van der Waals surface area contributed by atoms with Crippen molar-refractivity contribution in [1.29, 1.82) is 0 Å². The van der Waals surface area contributed by atoms with E-state index in [0.29, 0.717) is 0 Å². The zero-order valence-electron chi connectivity index (χ0n) is 7.24. The summed E-state index contributed by atoms with van der Waals surface area (Å²) in [4.78, 5) is 0.986. The summed E-state index contributed by atoms with van der Waals surface area (Å²) in [7, 11) is 0. The molecule has 12 heavy (non-hydrogen) atoms. The molecule has 0 aromatic heterocycles. The van der Waals surface area contributed by atoms with Crippen LogP contribution in [0.2, 0.25) is 0 Å². The van der Waals surface area contributed by atoms with Gasteiger partial charge in [0.25, 0.3) is 0 Å². The monoisotopic (exact) mass is 203 g/mol. The number of benzene rings is 1. The molecule has 1 unspecified atom stereocenters. The van der Waals surface area contributed by atoms with Crippen molar-refractivity contribution in [1.82, 2.24) is 0 Å². The molecule has 0 fully saturated rings. The van der Waals surface area contributed by atoms with Gasteiger partial charge in [-0.1, -0.05) is 17.7 Å². The van der Waals surface area contributed by atoms with Crippen LogP contribution in [0.5, 0.6) is 0 Å². The lowest BCUT2D eigenvalue weighted by Crippen LogP contribution is -2.05. The van der Waals surface area contributed by atoms with Crippen molar-refractivity contribution < 1.29 is 0 Å². The van der Waals surface area contributed by atoms with Crippen LogP contribution >= 0.6 is 25.0 Å². The standard InChI is InChI=1S/C9H13NS.ClH/c1-6-3-4-8(7(2)10)9(11)5-6;/h3-5,7,11H,10H2,1-2H3;1H. The van der Waals surface area contributed by atoms with Crippen molar-refractivity contribution in [3.8, 4) is 0 Å². The van der Waals surface area contributed by atoms with E-state index >= 15 is 0 Å². The minimum atomic E-state index is 0. The van der Waals surface area contributed by atoms with Crippen LogP contribution < -0.4 is 5.73 Å². The van der Waals surface area contributed by atoms with Gasteiger partial charge in [0.15, 0.2) is 0 Å². The van der Waals surface area contributed by atoms with Crippen molar-refractivity contribution in [3.05, 3.63) is 29.3 Å². The fourth-order valence-electron chi connectivity index (χ4n) is 1.04. The highest BCUT2D eigenvalue weighted by atomic mass is 35.5. The molecule has 1 rings (SSSR count). The van der Waals surface area contributed by atoms with Crippen molar-refractivity contribution in [2.24, 2.45) is 5.73 Å². The van der Waals surface area contributed by atoms with E-state index in [1.165, 1.54) is 5.56 Å². The summed E-state index contributed by atoms with van der Waals surface area (Å²) >= 11 is 4.33. The Morgan fingerprint density at radius 3 is 2.42 bits per heavy atom. The first-order valence-corrected chi connectivity index (χ1v) is 4.11. The first kappa shape index (κ1) is 11.8. The summed E-state index contributed by atoms with van der Waals surface area (Å²) in [5, 5.41) is 0. The number of nitrogens with two attached hydrogens (primary N) is 1. The molecule has 0 spiro atoms. The van der Waals surface area contributed by atoms with E-state index in [2.05, 4.69) is 18.7 Å². The largest absolute Gasteiger partial charge is 0.324 e. The van der Waals surface area contributed by atoms with Crippen LogP contribution in [0.1, 0.15) is 24.1 Å². The van der Waals surface area contributed by atoms with E-state index in [0.717, 1.165) is 10.5 Å². The average Bonchev–Trinajstić information content (AvgIpc) is 1.85. The zero-order chi connectivity index (χ0) is 8.43. The maximum Gasteiger partial charge on any atom is 0.0277 e. The molecule has 0 saturated heterocycles. The molecular formula is C9H14ClNS. The van der Waals surface area contributed by atoms with Crippen LogP contribution in [0.15, 0.2) is 23.1 Å². The van der Waals surface area contributed by atoms with E-state index in [-0.39, 0.29) is 18.4 Å². The molecule has 0 radical (unpaired) electrons. The zero-order valence-corrected chi connectivity index (χ0v) is 8.95. The van der Waals surface area contributed by atoms with Crippen LogP contribution in [0, 0.1) is 6.92 Å². The van der Waals surface area contributed by atoms with Gasteiger partial charge in [-0.15, -0.1) is 25.0 Å². The summed E-state index contributed by atoms with van der Waals surface area (Å²) in [6.45, 7) is 4.01. The highest BCUT2D eigenvalue weighted by Gasteiger charge is 2.02. The molecule has 1 aromatic carbocycles. The van der Waals surface area contributed by atoms with E-state index in [9.17, 15) is 0 Å². The van der Waals surface area contributed by atoms with Gasteiger partial charge in [-0.3, -0.25) is 0 Å². The third kappa shape index (κ3) is 2.70. The van der Waals surface area contributed by atoms with Gasteiger partial charge in [0.2, 0.25) is 0 Å². The Hall–Kier alpha value is -0.180. The van der Waals surface area contributed by atoms with Crippen LogP contribution in [0.3, 0.4) is 0 Å². The third-order valence-electron chi connectivity index (χ3n) is 1.68. The number of aryl methyl sites for hydroxylation is 1. The summed E-state index contributed by atoms with van der Waals surface area (Å²) in [5.41, 5.74) is 8.05. The first-order valence-electron chi connectivity index (χ1n) is 3.66. The summed E-state index contributed by atoms with van der Waals surface area (Å²) < 4.78 is 0. The van der Waals surface area contributed by atoms with Crippen LogP contribution in [0.25, 0.3) is 0 Å². The Labute approximate surface area is 85.2 Å². The van der Waals surface area contributed by atoms with Crippen LogP contribution in [-0.4, -0.2) is 0 Å². The second-order valence-corrected chi connectivity index (χ2v) is 3.33. The normalized spacial score (nSPS) is 12.0. The predicted molar refractivity (Wildman–Crippen MR) is 58.3 cm³/mol. The minimum Gasteiger partial charge on any atom is -0.324 e. The Kier molecular flexibility index (Phi) is 4.68. The van der Waals surface area contributed by atoms with Gasteiger partial charge in [0.1, 0.15) is 0 Å². The van der Waals surface area contributed by atoms with Gasteiger partial charge in [-0.05, 0) is 25.5 Å². The molecule has 0 aliphatic heterocycles. The molecule has 1 atom stereocenters.